The van der Waals surface area contributed by atoms with Crippen LogP contribution in [0.1, 0.15) is 15.9 Å². The minimum absolute atomic E-state index is 0.104. The van der Waals surface area contributed by atoms with Crippen molar-refractivity contribution in [1.82, 2.24) is 0 Å². The standard InChI is InChI=1S/C9H8O5/c1-4(10)5-2-8(12)6(9(13)14)3-7(5)11/h2-3,10-12H,1H2,(H,13,14). The molecule has 0 heterocycles. The molecular weight excluding hydrogens is 188 g/mol. The molecule has 0 unspecified atom stereocenters. The summed E-state index contributed by atoms with van der Waals surface area (Å²) in [5.74, 6) is -2.81. The number of carboxylic acids is 1. The van der Waals surface area contributed by atoms with Gasteiger partial charge in [0.2, 0.25) is 0 Å². The molecule has 1 aromatic carbocycles. The second-order valence-electron chi connectivity index (χ2n) is 2.64. The number of phenols is 2. The van der Waals surface area contributed by atoms with Crippen LogP contribution in [-0.4, -0.2) is 26.4 Å². The van der Waals surface area contributed by atoms with Crippen molar-refractivity contribution in [3.8, 4) is 11.5 Å². The van der Waals surface area contributed by atoms with Crippen LogP contribution in [0.25, 0.3) is 5.76 Å². The summed E-state index contributed by atoms with van der Waals surface area (Å²) in [6, 6.07) is 1.77. The van der Waals surface area contributed by atoms with Gasteiger partial charge in [-0.15, -0.1) is 0 Å². The van der Waals surface area contributed by atoms with Crippen molar-refractivity contribution >= 4 is 11.7 Å². The van der Waals surface area contributed by atoms with Gasteiger partial charge in [-0.2, -0.15) is 0 Å². The van der Waals surface area contributed by atoms with Crippen molar-refractivity contribution in [3.05, 3.63) is 29.8 Å². The monoisotopic (exact) mass is 196 g/mol. The van der Waals surface area contributed by atoms with E-state index in [1.807, 2.05) is 0 Å². The predicted octanol–water partition coefficient (Wildman–Crippen LogP) is 1.32. The second-order valence-corrected chi connectivity index (χ2v) is 2.64. The number of phenolic OH excluding ortho intramolecular Hbond substituents is 1. The minimum Gasteiger partial charge on any atom is -0.508 e. The van der Waals surface area contributed by atoms with Gasteiger partial charge in [-0.3, -0.25) is 0 Å². The molecule has 5 heteroatoms. The Morgan fingerprint density at radius 3 is 1.93 bits per heavy atom. The first kappa shape index (κ1) is 9.91. The average Bonchev–Trinajstić information content (AvgIpc) is 2.07. The summed E-state index contributed by atoms with van der Waals surface area (Å²) in [7, 11) is 0. The van der Waals surface area contributed by atoms with Crippen LogP contribution in [-0.2, 0) is 0 Å². The summed E-state index contributed by atoms with van der Waals surface area (Å²) in [5.41, 5.74) is -0.542. The molecule has 14 heavy (non-hydrogen) atoms. The van der Waals surface area contributed by atoms with Crippen molar-refractivity contribution in [2.75, 3.05) is 0 Å². The molecule has 0 saturated carbocycles. The van der Waals surface area contributed by atoms with Crippen LogP contribution in [0.15, 0.2) is 18.7 Å². The van der Waals surface area contributed by atoms with E-state index in [1.165, 1.54) is 0 Å². The van der Waals surface area contributed by atoms with Gasteiger partial charge in [-0.05, 0) is 12.1 Å². The molecular formula is C9H8O5. The van der Waals surface area contributed by atoms with Crippen LogP contribution >= 0.6 is 0 Å². The smallest absolute Gasteiger partial charge is 0.339 e. The van der Waals surface area contributed by atoms with Crippen LogP contribution < -0.4 is 0 Å². The maximum atomic E-state index is 10.5. The van der Waals surface area contributed by atoms with E-state index in [9.17, 15) is 15.0 Å². The predicted molar refractivity (Wildman–Crippen MR) is 48.4 cm³/mol. The zero-order valence-corrected chi connectivity index (χ0v) is 7.06. The first-order chi connectivity index (χ1) is 6.43. The summed E-state index contributed by atoms with van der Waals surface area (Å²) in [4.78, 5) is 10.5. The van der Waals surface area contributed by atoms with Crippen molar-refractivity contribution in [2.45, 2.75) is 0 Å². The maximum absolute atomic E-state index is 10.5. The van der Waals surface area contributed by atoms with Gasteiger partial charge < -0.3 is 20.4 Å². The molecule has 0 fully saturated rings. The number of aliphatic hydroxyl groups is 1. The summed E-state index contributed by atoms with van der Waals surface area (Å²) in [6.45, 7) is 3.14. The molecule has 0 atom stereocenters. The average molecular weight is 196 g/mol. The normalized spacial score (nSPS) is 9.71. The largest absolute Gasteiger partial charge is 0.508 e. The topological polar surface area (TPSA) is 98.0 Å². The molecule has 0 aliphatic heterocycles. The van der Waals surface area contributed by atoms with Gasteiger partial charge in [0, 0.05) is 0 Å². The van der Waals surface area contributed by atoms with Gasteiger partial charge in [-0.1, -0.05) is 6.58 Å². The highest BCUT2D eigenvalue weighted by Gasteiger charge is 2.15. The Morgan fingerprint density at radius 2 is 1.50 bits per heavy atom. The highest BCUT2D eigenvalue weighted by molar-refractivity contribution is 5.92. The Morgan fingerprint density at radius 1 is 1.07 bits per heavy atom. The number of hydrogen-bond donors (Lipinski definition) is 4. The molecule has 0 aliphatic carbocycles. The molecule has 0 radical (unpaired) electrons. The highest BCUT2D eigenvalue weighted by Crippen LogP contribution is 2.30. The van der Waals surface area contributed by atoms with E-state index in [2.05, 4.69) is 6.58 Å². The first-order valence-electron chi connectivity index (χ1n) is 3.61. The molecule has 0 spiro atoms. The van der Waals surface area contributed by atoms with Gasteiger partial charge in [-0.25, -0.2) is 4.79 Å². The number of aromatic carboxylic acids is 1. The summed E-state index contributed by atoms with van der Waals surface area (Å²) < 4.78 is 0. The van der Waals surface area contributed by atoms with Gasteiger partial charge in [0.15, 0.2) is 0 Å². The van der Waals surface area contributed by atoms with Gasteiger partial charge in [0.25, 0.3) is 0 Å². The van der Waals surface area contributed by atoms with E-state index in [1.54, 1.807) is 0 Å². The zero-order chi connectivity index (χ0) is 10.9. The third-order valence-electron chi connectivity index (χ3n) is 1.66. The Kier molecular flexibility index (Phi) is 2.33. The fraction of sp³-hybridized carbons (Fsp3) is 0. The molecule has 4 N–H and O–H groups in total. The lowest BCUT2D eigenvalue weighted by Gasteiger charge is -2.05. The molecule has 0 amide bonds. The van der Waals surface area contributed by atoms with Crippen LogP contribution in [0, 0.1) is 0 Å². The van der Waals surface area contributed by atoms with E-state index in [0.29, 0.717) is 0 Å². The zero-order valence-electron chi connectivity index (χ0n) is 7.06. The number of carbonyl (C=O) groups is 1. The second kappa shape index (κ2) is 3.29. The van der Waals surface area contributed by atoms with E-state index in [4.69, 9.17) is 10.2 Å². The number of hydrogen-bond acceptors (Lipinski definition) is 4. The first-order valence-corrected chi connectivity index (χ1v) is 3.61. The molecule has 0 aromatic heterocycles. The lowest BCUT2D eigenvalue weighted by atomic mass is 10.1. The number of aromatic hydroxyl groups is 2. The Hall–Kier alpha value is -2.17. The molecule has 74 valence electrons. The molecule has 0 saturated heterocycles. The fourth-order valence-corrected chi connectivity index (χ4v) is 0.979. The van der Waals surface area contributed by atoms with Crippen LogP contribution in [0.5, 0.6) is 11.5 Å². The maximum Gasteiger partial charge on any atom is 0.339 e. The van der Waals surface area contributed by atoms with E-state index in [0.717, 1.165) is 12.1 Å². The third-order valence-corrected chi connectivity index (χ3v) is 1.66. The van der Waals surface area contributed by atoms with Crippen molar-refractivity contribution in [3.63, 3.8) is 0 Å². The Bertz CT molecular complexity index is 368. The van der Waals surface area contributed by atoms with Crippen molar-refractivity contribution < 1.29 is 25.2 Å². The number of benzene rings is 1. The molecule has 0 aliphatic rings. The lowest BCUT2D eigenvalue weighted by Crippen LogP contribution is -1.97. The van der Waals surface area contributed by atoms with Crippen LogP contribution in [0.3, 0.4) is 0 Å². The summed E-state index contributed by atoms with van der Waals surface area (Å²) in [5, 5.41) is 35.9. The number of aliphatic hydroxyl groups excluding tert-OH is 1. The van der Waals surface area contributed by atoms with Crippen molar-refractivity contribution in [2.24, 2.45) is 0 Å². The summed E-state index contributed by atoms with van der Waals surface area (Å²) in [6.07, 6.45) is 0. The Labute approximate surface area is 79.2 Å². The van der Waals surface area contributed by atoms with E-state index >= 15 is 0 Å². The molecule has 1 aromatic rings. The minimum atomic E-state index is -1.37. The SMILES string of the molecule is C=C(O)c1cc(O)c(C(=O)O)cc1O. The van der Waals surface area contributed by atoms with Crippen molar-refractivity contribution in [1.29, 1.82) is 0 Å². The molecule has 1 rings (SSSR count). The van der Waals surface area contributed by atoms with Crippen LogP contribution in [0.4, 0.5) is 0 Å². The lowest BCUT2D eigenvalue weighted by molar-refractivity contribution is 0.0693. The highest BCUT2D eigenvalue weighted by atomic mass is 16.4. The van der Waals surface area contributed by atoms with Gasteiger partial charge in [0.05, 0.1) is 5.56 Å². The fourth-order valence-electron chi connectivity index (χ4n) is 0.979. The number of carboxylic acid groups (broad SMARTS) is 1. The van der Waals surface area contributed by atoms with Gasteiger partial charge in [0.1, 0.15) is 22.8 Å². The quantitative estimate of drug-likeness (QED) is 0.422. The van der Waals surface area contributed by atoms with E-state index < -0.39 is 28.8 Å². The van der Waals surface area contributed by atoms with E-state index in [-0.39, 0.29) is 5.56 Å². The van der Waals surface area contributed by atoms with Crippen LogP contribution in [0.2, 0.25) is 0 Å². The summed E-state index contributed by atoms with van der Waals surface area (Å²) >= 11 is 0. The number of rotatable bonds is 2. The molecule has 5 nitrogen and oxygen atoms in total. The molecule has 0 bridgehead atoms. The van der Waals surface area contributed by atoms with Gasteiger partial charge >= 0.3 is 5.97 Å². The third kappa shape index (κ3) is 1.61. The Balaban J connectivity index is 3.38.